The normalized spacial score (nSPS) is 18.2. The van der Waals surface area contributed by atoms with Gasteiger partial charge in [0, 0.05) is 35.7 Å². The molecule has 0 unspecified atom stereocenters. The Kier molecular flexibility index (Phi) is 6.72. The smallest absolute Gasteiger partial charge is 0.226 e. The third-order valence-corrected chi connectivity index (χ3v) is 6.41. The number of amides is 1. The summed E-state index contributed by atoms with van der Waals surface area (Å²) in [5.74, 6) is -0.214. The molecule has 0 saturated carbocycles. The number of aromatic nitrogens is 2. The van der Waals surface area contributed by atoms with Crippen molar-refractivity contribution in [1.29, 1.82) is 0 Å². The predicted octanol–water partition coefficient (Wildman–Crippen LogP) is 5.89. The second-order valence-electron chi connectivity index (χ2n) is 8.74. The van der Waals surface area contributed by atoms with E-state index in [1.165, 1.54) is 0 Å². The van der Waals surface area contributed by atoms with Gasteiger partial charge in [-0.3, -0.25) is 9.78 Å². The number of nitrogens with one attached hydrogen (secondary N) is 2. The summed E-state index contributed by atoms with van der Waals surface area (Å²) in [6, 6.07) is 15.7. The van der Waals surface area contributed by atoms with Crippen LogP contribution in [0.5, 0.6) is 0 Å². The number of hydrogen-bond acceptors (Lipinski definition) is 3. The van der Waals surface area contributed by atoms with E-state index in [1.807, 2.05) is 50.2 Å². The number of pyridine rings is 1. The first-order valence-electron chi connectivity index (χ1n) is 11.1. The highest BCUT2D eigenvalue weighted by molar-refractivity contribution is 7.80. The average molecular weight is 482 g/mol. The van der Waals surface area contributed by atoms with Crippen molar-refractivity contribution < 1.29 is 4.79 Å². The van der Waals surface area contributed by atoms with Gasteiger partial charge in [0.2, 0.25) is 5.91 Å². The van der Waals surface area contributed by atoms with Crippen molar-refractivity contribution >= 4 is 46.2 Å². The molecule has 1 aliphatic rings. The van der Waals surface area contributed by atoms with Crippen molar-refractivity contribution in [3.8, 4) is 0 Å². The number of rotatable bonds is 6. The van der Waals surface area contributed by atoms with Crippen LogP contribution in [-0.4, -0.2) is 20.6 Å². The monoisotopic (exact) mass is 481 g/mol. The van der Waals surface area contributed by atoms with Crippen molar-refractivity contribution in [3.63, 3.8) is 0 Å². The largest absolute Gasteiger partial charge is 0.351 e. The van der Waals surface area contributed by atoms with Crippen LogP contribution in [0.3, 0.4) is 0 Å². The van der Waals surface area contributed by atoms with Crippen LogP contribution < -0.4 is 15.5 Å². The number of carbonyl (C=O) groups is 1. The number of anilines is 2. The van der Waals surface area contributed by atoms with Crippen LogP contribution in [0.25, 0.3) is 0 Å². The maximum Gasteiger partial charge on any atom is 0.226 e. The molecule has 1 aromatic carbocycles. The molecule has 33 heavy (non-hydrogen) atoms. The van der Waals surface area contributed by atoms with Crippen LogP contribution in [0, 0.1) is 5.92 Å². The van der Waals surface area contributed by atoms with Gasteiger partial charge in [0.1, 0.15) is 6.04 Å². The first-order chi connectivity index (χ1) is 15.8. The van der Waals surface area contributed by atoms with Crippen molar-refractivity contribution in [3.05, 3.63) is 77.3 Å². The number of thiocarbonyl (C=S) groups is 1. The maximum atomic E-state index is 12.1. The Morgan fingerprint density at radius 3 is 2.58 bits per heavy atom. The molecule has 6 nitrogen and oxygen atoms in total. The molecule has 8 heteroatoms. The van der Waals surface area contributed by atoms with Gasteiger partial charge in [-0.05, 0) is 68.5 Å². The number of hydrogen-bond donors (Lipinski definition) is 2. The lowest BCUT2D eigenvalue weighted by Crippen LogP contribution is -2.30. The summed E-state index contributed by atoms with van der Waals surface area (Å²) < 4.78 is 2.25. The number of carbonyl (C=O) groups excluding carboxylic acids is 1. The van der Waals surface area contributed by atoms with E-state index in [2.05, 4.69) is 57.3 Å². The van der Waals surface area contributed by atoms with Gasteiger partial charge in [0.25, 0.3) is 0 Å². The summed E-state index contributed by atoms with van der Waals surface area (Å²) in [7, 11) is 0. The van der Waals surface area contributed by atoms with E-state index in [1.54, 1.807) is 6.20 Å². The Morgan fingerprint density at radius 1 is 1.15 bits per heavy atom. The van der Waals surface area contributed by atoms with Gasteiger partial charge in [-0.2, -0.15) is 0 Å². The Morgan fingerprint density at radius 2 is 1.94 bits per heavy atom. The molecule has 2 atom stereocenters. The summed E-state index contributed by atoms with van der Waals surface area (Å²) in [6.45, 7) is 8.01. The van der Waals surface area contributed by atoms with Crippen LogP contribution >= 0.6 is 23.8 Å². The molecule has 1 saturated heterocycles. The van der Waals surface area contributed by atoms with Crippen LogP contribution in [0.4, 0.5) is 11.4 Å². The molecule has 3 aromatic rings. The van der Waals surface area contributed by atoms with Crippen molar-refractivity contribution in [2.45, 2.75) is 45.8 Å². The average Bonchev–Trinajstić information content (AvgIpc) is 3.40. The SMILES string of the molecule is CC(C)C(=O)Nc1ccc(N2C(=S)N[C@H](c3ccccn3)[C@@H]2c2cccn2C(C)C)cc1Cl. The molecule has 2 aromatic heterocycles. The van der Waals surface area contributed by atoms with Crippen molar-refractivity contribution in [2.24, 2.45) is 5.92 Å². The summed E-state index contributed by atoms with van der Waals surface area (Å²) in [5, 5.41) is 7.42. The number of halogens is 1. The zero-order chi connectivity index (χ0) is 23.7. The highest BCUT2D eigenvalue weighted by Gasteiger charge is 2.42. The third-order valence-electron chi connectivity index (χ3n) is 5.78. The molecule has 4 rings (SSSR count). The van der Waals surface area contributed by atoms with Gasteiger partial charge >= 0.3 is 0 Å². The highest BCUT2D eigenvalue weighted by atomic mass is 35.5. The fourth-order valence-electron chi connectivity index (χ4n) is 4.09. The van der Waals surface area contributed by atoms with E-state index >= 15 is 0 Å². The van der Waals surface area contributed by atoms with Crippen LogP contribution in [0.1, 0.15) is 57.2 Å². The lowest BCUT2D eigenvalue weighted by Gasteiger charge is -2.30. The van der Waals surface area contributed by atoms with Gasteiger partial charge in [0.15, 0.2) is 5.11 Å². The lowest BCUT2D eigenvalue weighted by molar-refractivity contribution is -0.118. The van der Waals surface area contributed by atoms with E-state index in [0.29, 0.717) is 15.8 Å². The molecular formula is C25H28ClN5OS. The number of nitrogens with zero attached hydrogens (tertiary/aromatic N) is 3. The fraction of sp³-hybridized carbons (Fsp3) is 0.320. The zero-order valence-electron chi connectivity index (χ0n) is 19.1. The molecule has 2 N–H and O–H groups in total. The maximum absolute atomic E-state index is 12.1. The van der Waals surface area contributed by atoms with E-state index < -0.39 is 0 Å². The molecule has 3 heterocycles. The molecule has 1 fully saturated rings. The first-order valence-corrected chi connectivity index (χ1v) is 11.8. The molecule has 1 amide bonds. The first kappa shape index (κ1) is 23.3. The summed E-state index contributed by atoms with van der Waals surface area (Å²) in [5.41, 5.74) is 3.47. The molecule has 0 radical (unpaired) electrons. The predicted molar refractivity (Wildman–Crippen MR) is 138 cm³/mol. The second kappa shape index (κ2) is 9.53. The summed E-state index contributed by atoms with van der Waals surface area (Å²) >= 11 is 12.4. The standard InChI is InChI=1S/C25H28ClN5OS/c1-15(2)24(32)28-19-11-10-17(14-18(19)26)31-23(21-9-7-13-30(21)16(3)4)22(29-25(31)33)20-8-5-6-12-27-20/h5-16,22-23H,1-4H3,(H,28,32)(H,29,33)/t22-,23+/m1/s1. The van der Waals surface area contributed by atoms with Gasteiger partial charge in [-0.25, -0.2) is 0 Å². The minimum absolute atomic E-state index is 0.0779. The Balaban J connectivity index is 1.77. The van der Waals surface area contributed by atoms with Crippen LogP contribution in [0.15, 0.2) is 60.9 Å². The highest BCUT2D eigenvalue weighted by Crippen LogP contribution is 2.43. The number of benzene rings is 1. The van der Waals surface area contributed by atoms with Gasteiger partial charge in [-0.15, -0.1) is 0 Å². The molecule has 172 valence electrons. The third kappa shape index (κ3) is 4.61. The Bertz CT molecular complexity index is 1160. The minimum Gasteiger partial charge on any atom is -0.351 e. The molecule has 1 aliphatic heterocycles. The molecule has 0 bridgehead atoms. The minimum atomic E-state index is -0.136. The van der Waals surface area contributed by atoms with E-state index in [9.17, 15) is 4.79 Å². The van der Waals surface area contributed by atoms with Gasteiger partial charge in [-0.1, -0.05) is 31.5 Å². The van der Waals surface area contributed by atoms with E-state index in [4.69, 9.17) is 23.8 Å². The summed E-state index contributed by atoms with van der Waals surface area (Å²) in [4.78, 5) is 18.8. The lowest BCUT2D eigenvalue weighted by atomic mass is 10.0. The van der Waals surface area contributed by atoms with Crippen molar-refractivity contribution in [2.75, 3.05) is 10.2 Å². The molecular weight excluding hydrogens is 454 g/mol. The van der Waals surface area contributed by atoms with E-state index in [0.717, 1.165) is 17.1 Å². The quantitative estimate of drug-likeness (QED) is 0.430. The van der Waals surface area contributed by atoms with Crippen molar-refractivity contribution in [1.82, 2.24) is 14.9 Å². The van der Waals surface area contributed by atoms with Crippen LogP contribution in [-0.2, 0) is 4.79 Å². The van der Waals surface area contributed by atoms with Gasteiger partial charge < -0.3 is 20.1 Å². The summed E-state index contributed by atoms with van der Waals surface area (Å²) in [6.07, 6.45) is 3.89. The Hall–Kier alpha value is -2.90. The van der Waals surface area contributed by atoms with Crippen LogP contribution in [0.2, 0.25) is 5.02 Å². The second-order valence-corrected chi connectivity index (χ2v) is 9.53. The Labute approximate surface area is 205 Å². The molecule has 0 spiro atoms. The molecule has 0 aliphatic carbocycles. The zero-order valence-corrected chi connectivity index (χ0v) is 20.7. The fourth-order valence-corrected chi connectivity index (χ4v) is 4.66. The van der Waals surface area contributed by atoms with E-state index in [-0.39, 0.29) is 30.0 Å². The topological polar surface area (TPSA) is 62.2 Å². The van der Waals surface area contributed by atoms with Gasteiger partial charge in [0.05, 0.1) is 22.4 Å².